The molecule has 0 radical (unpaired) electrons. The molecule has 4 N–H and O–H groups in total. The highest BCUT2D eigenvalue weighted by Crippen LogP contribution is 2.81. The summed E-state index contributed by atoms with van der Waals surface area (Å²) in [4.78, 5) is 42.5. The highest BCUT2D eigenvalue weighted by Gasteiger charge is 2.91. The largest absolute Gasteiger partial charge is 0.469 e. The zero-order valence-corrected chi connectivity index (χ0v) is 31.0. The standard InChI is InChI=1S/C40H56N2O10/c1-35(2)28-27(44)29(45)37(4)26(39(28)20-49-34(47)38(33(39)52-35)13-7-8-14-38)11-15-36(3)30(50-32(46)31-40(36,37)51-31)24-12-16-48-25(24)17-22(19-43)9-5-6-10-23-18-41-21-42-23/h12,16,22-23,26,28-31,33,41-43,45H,5-11,13-15,17-21H2,1-4H3/t22-,23+,26+,28-,29-,30+,31-,33+,36+,37+,39-,40-/m1/s1. The number of hydrogen-bond acceptors (Lipinski definition) is 12. The molecule has 5 saturated heterocycles. The molecule has 0 bridgehead atoms. The number of ketones is 1. The van der Waals surface area contributed by atoms with Gasteiger partial charge in [0.25, 0.3) is 0 Å². The van der Waals surface area contributed by atoms with Crippen LogP contribution in [-0.4, -0.2) is 89.9 Å². The summed E-state index contributed by atoms with van der Waals surface area (Å²) in [6.45, 7) is 9.73. The van der Waals surface area contributed by atoms with E-state index in [4.69, 9.17) is 23.4 Å². The normalized spacial score (nSPS) is 45.7. The van der Waals surface area contributed by atoms with E-state index in [1.165, 1.54) is 0 Å². The summed E-state index contributed by atoms with van der Waals surface area (Å²) < 4.78 is 32.2. The van der Waals surface area contributed by atoms with E-state index in [-0.39, 0.29) is 36.8 Å². The SMILES string of the molecule is CC1(C)O[C@H]2C3(CCCC3)C(=O)OC[C@@]23[C@@H]1C(=O)[C@@H](O)[C@]1(C)[C@@H]3CC[C@@]2(C)[C@H](c3ccoc3C[C@H](CO)CCCC[C@H]3CNCN3)OC(=O)[C@H]3O[C@@]312. The Kier molecular flexibility index (Phi) is 8.04. The van der Waals surface area contributed by atoms with Crippen LogP contribution in [0, 0.1) is 39.4 Å². The lowest BCUT2D eigenvalue weighted by Crippen LogP contribution is -2.77. The first-order valence-electron chi connectivity index (χ1n) is 19.9. The molecule has 0 unspecified atom stereocenters. The van der Waals surface area contributed by atoms with Crippen molar-refractivity contribution in [3.63, 3.8) is 0 Å². The third-order valence-corrected chi connectivity index (χ3v) is 15.9. The average Bonchev–Trinajstić information content (AvgIpc) is 3.57. The first-order valence-corrected chi connectivity index (χ1v) is 19.9. The monoisotopic (exact) mass is 724 g/mol. The molecule has 8 fully saturated rings. The van der Waals surface area contributed by atoms with Crippen LogP contribution in [0.25, 0.3) is 0 Å². The topological polar surface area (TPSA) is 169 Å². The first-order chi connectivity index (χ1) is 24.8. The maximum absolute atomic E-state index is 14.9. The fraction of sp³-hybridized carbons (Fsp3) is 0.825. The summed E-state index contributed by atoms with van der Waals surface area (Å²) in [7, 11) is 0. The fourth-order valence-electron chi connectivity index (χ4n) is 13.6. The van der Waals surface area contributed by atoms with Crippen molar-refractivity contribution < 1.29 is 48.0 Å². The highest BCUT2D eigenvalue weighted by atomic mass is 16.7. The van der Waals surface area contributed by atoms with Crippen molar-refractivity contribution >= 4 is 17.7 Å². The van der Waals surface area contributed by atoms with Crippen LogP contribution in [0.4, 0.5) is 0 Å². The predicted octanol–water partition coefficient (Wildman–Crippen LogP) is 3.51. The van der Waals surface area contributed by atoms with Gasteiger partial charge in [0.05, 0.1) is 29.3 Å². The van der Waals surface area contributed by atoms with Gasteiger partial charge in [-0.1, -0.05) is 39.5 Å². The molecule has 3 saturated carbocycles. The van der Waals surface area contributed by atoms with Crippen LogP contribution in [0.1, 0.15) is 109 Å². The number of carbonyl (C=O) groups excluding carboxylic acids is 3. The lowest BCUT2D eigenvalue weighted by atomic mass is 9.35. The minimum atomic E-state index is -1.43. The number of fused-ring (bicyclic) bond motifs is 2. The predicted molar refractivity (Wildman–Crippen MR) is 184 cm³/mol. The minimum Gasteiger partial charge on any atom is -0.469 e. The number of carbonyl (C=O) groups is 3. The molecule has 3 spiro atoms. The second kappa shape index (κ2) is 11.8. The van der Waals surface area contributed by atoms with Gasteiger partial charge in [0.15, 0.2) is 11.9 Å². The first kappa shape index (κ1) is 35.4. The summed E-state index contributed by atoms with van der Waals surface area (Å²) >= 11 is 0. The Hall–Kier alpha value is -2.35. The zero-order valence-electron chi connectivity index (χ0n) is 31.0. The van der Waals surface area contributed by atoms with Gasteiger partial charge in [-0.3, -0.25) is 9.59 Å². The Balaban J connectivity index is 1.06. The number of Topliss-reactive ketones (excluding diaryl/α,β-unsaturated/α-hetero) is 1. The van der Waals surface area contributed by atoms with E-state index in [0.717, 1.165) is 57.3 Å². The number of epoxide rings is 1. The van der Waals surface area contributed by atoms with Gasteiger partial charge in [-0.25, -0.2) is 4.79 Å². The van der Waals surface area contributed by atoms with Crippen LogP contribution >= 0.6 is 0 Å². The summed E-state index contributed by atoms with van der Waals surface area (Å²) in [5.74, 6) is -1.44. The molecule has 52 heavy (non-hydrogen) atoms. The lowest BCUT2D eigenvalue weighted by molar-refractivity contribution is -0.264. The Morgan fingerprint density at radius 3 is 2.54 bits per heavy atom. The molecular weight excluding hydrogens is 668 g/mol. The molecule has 9 rings (SSSR count). The van der Waals surface area contributed by atoms with E-state index in [9.17, 15) is 24.6 Å². The molecule has 3 aliphatic carbocycles. The van der Waals surface area contributed by atoms with Crippen molar-refractivity contribution in [3.05, 3.63) is 23.7 Å². The Morgan fingerprint density at radius 1 is 1.02 bits per heavy atom. The maximum Gasteiger partial charge on any atom is 0.339 e. The smallest absolute Gasteiger partial charge is 0.339 e. The van der Waals surface area contributed by atoms with Gasteiger partial charge >= 0.3 is 11.9 Å². The number of hydrogen-bond donors (Lipinski definition) is 4. The van der Waals surface area contributed by atoms with Crippen LogP contribution in [0.2, 0.25) is 0 Å². The number of furan rings is 1. The van der Waals surface area contributed by atoms with E-state index in [1.54, 1.807) is 6.26 Å². The Bertz CT molecular complexity index is 1630. The summed E-state index contributed by atoms with van der Waals surface area (Å²) in [6.07, 6.45) is 6.67. The van der Waals surface area contributed by atoms with E-state index in [2.05, 4.69) is 17.6 Å². The number of nitrogens with one attached hydrogen (secondary N) is 2. The van der Waals surface area contributed by atoms with Crippen LogP contribution in [0.5, 0.6) is 0 Å². The second-order valence-corrected chi connectivity index (χ2v) is 18.6. The average molecular weight is 725 g/mol. The van der Waals surface area contributed by atoms with Gasteiger partial charge in [-0.05, 0) is 70.3 Å². The Morgan fingerprint density at radius 2 is 1.81 bits per heavy atom. The number of esters is 2. The molecule has 1 aromatic rings. The summed E-state index contributed by atoms with van der Waals surface area (Å²) in [5, 5.41) is 29.6. The van der Waals surface area contributed by atoms with Crippen molar-refractivity contribution in [1.82, 2.24) is 10.6 Å². The van der Waals surface area contributed by atoms with Gasteiger partial charge < -0.3 is 44.2 Å². The molecule has 12 atom stereocenters. The molecule has 286 valence electrons. The molecule has 5 aliphatic heterocycles. The van der Waals surface area contributed by atoms with Crippen LogP contribution < -0.4 is 10.6 Å². The van der Waals surface area contributed by atoms with E-state index < -0.39 is 69.2 Å². The summed E-state index contributed by atoms with van der Waals surface area (Å²) in [5.41, 5.74) is -5.14. The molecule has 0 amide bonds. The number of aliphatic hydroxyl groups excluding tert-OH is 2. The minimum absolute atomic E-state index is 0.0170. The second-order valence-electron chi connectivity index (χ2n) is 18.6. The molecular formula is C40H56N2O10. The van der Waals surface area contributed by atoms with Gasteiger partial charge in [-0.15, -0.1) is 0 Å². The quantitative estimate of drug-likeness (QED) is 0.166. The fourth-order valence-corrected chi connectivity index (χ4v) is 13.6. The third-order valence-electron chi connectivity index (χ3n) is 15.9. The molecule has 6 heterocycles. The van der Waals surface area contributed by atoms with Crippen molar-refractivity contribution in [1.29, 1.82) is 0 Å². The molecule has 8 aliphatic rings. The zero-order chi connectivity index (χ0) is 36.5. The van der Waals surface area contributed by atoms with Crippen LogP contribution in [0.3, 0.4) is 0 Å². The van der Waals surface area contributed by atoms with E-state index in [1.807, 2.05) is 26.8 Å². The Labute approximate surface area is 305 Å². The number of cyclic esters (lactones) is 2. The van der Waals surface area contributed by atoms with E-state index >= 15 is 0 Å². The molecule has 1 aromatic heterocycles. The number of rotatable bonds is 9. The van der Waals surface area contributed by atoms with Gasteiger partial charge in [0.2, 0.25) is 0 Å². The van der Waals surface area contributed by atoms with Gasteiger partial charge in [0, 0.05) is 54.1 Å². The van der Waals surface area contributed by atoms with Crippen molar-refractivity contribution in [2.24, 2.45) is 39.4 Å². The highest BCUT2D eigenvalue weighted by molar-refractivity contribution is 5.92. The van der Waals surface area contributed by atoms with Crippen LogP contribution in [0.15, 0.2) is 16.7 Å². The van der Waals surface area contributed by atoms with Crippen molar-refractivity contribution in [3.8, 4) is 0 Å². The number of unbranched alkanes of at least 4 members (excludes halogenated alkanes) is 1. The summed E-state index contributed by atoms with van der Waals surface area (Å²) in [6, 6.07) is 2.35. The van der Waals surface area contributed by atoms with Crippen LogP contribution in [-0.2, 0) is 39.8 Å². The van der Waals surface area contributed by atoms with E-state index in [0.29, 0.717) is 43.9 Å². The van der Waals surface area contributed by atoms with Gasteiger partial charge in [0.1, 0.15) is 30.2 Å². The molecule has 12 nitrogen and oxygen atoms in total. The molecule has 12 heteroatoms. The third kappa shape index (κ3) is 4.34. The van der Waals surface area contributed by atoms with Crippen molar-refractivity contribution in [2.75, 3.05) is 26.4 Å². The number of aliphatic hydroxyl groups is 2. The van der Waals surface area contributed by atoms with Gasteiger partial charge in [-0.2, -0.15) is 0 Å². The number of ether oxygens (including phenoxy) is 4. The maximum atomic E-state index is 14.9. The molecule has 0 aromatic carbocycles. The lowest BCUT2D eigenvalue weighted by Gasteiger charge is -2.67. The van der Waals surface area contributed by atoms with Crippen molar-refractivity contribution in [2.45, 2.75) is 140 Å².